The SMILES string of the molecule is [2H]C([2H])(/C=C\CCCCC)/C=C\CCCCCCCC(=O)Oc1cccc2[nH]cc(CCN(C)C([2H])([2H])[2H])c12. The van der Waals surface area contributed by atoms with E-state index in [2.05, 4.69) is 11.9 Å². The lowest BCUT2D eigenvalue weighted by Gasteiger charge is -2.10. The standard InChI is InChI=1S/C30H46N2O2/c1-4-5-6-7-8-9-10-11-12-13-14-15-16-17-18-22-29(33)34-28-21-19-20-27-30(28)26(25-31-27)23-24-32(2)3/h8-9,11-12,19-21,25,31H,4-7,10,13-18,22-24H2,1-3H3/b9-8-,12-11-/i2D3,10D2. The van der Waals surface area contributed by atoms with E-state index >= 15 is 0 Å². The Balaban J connectivity index is 1.68. The van der Waals surface area contributed by atoms with Gasteiger partial charge >= 0.3 is 5.97 Å². The second-order valence-corrected chi connectivity index (χ2v) is 8.91. The first-order valence-corrected chi connectivity index (χ1v) is 12.9. The summed E-state index contributed by atoms with van der Waals surface area (Å²) >= 11 is 0. The number of benzene rings is 1. The number of carbonyl (C=O) groups is 1. The molecule has 0 spiro atoms. The summed E-state index contributed by atoms with van der Waals surface area (Å²) in [7, 11) is 1.58. The van der Waals surface area contributed by atoms with Crippen LogP contribution in [0.4, 0.5) is 0 Å². The molecule has 4 heteroatoms. The summed E-state index contributed by atoms with van der Waals surface area (Å²) in [6.45, 7) is 0.390. The Morgan fingerprint density at radius 3 is 2.56 bits per heavy atom. The lowest BCUT2D eigenvalue weighted by atomic mass is 10.1. The average Bonchev–Trinajstić information content (AvgIpc) is 3.29. The molecular weight excluding hydrogens is 420 g/mol. The zero-order chi connectivity index (χ0) is 28.7. The largest absolute Gasteiger partial charge is 0.426 e. The fraction of sp³-hybridized carbons (Fsp3) is 0.567. The van der Waals surface area contributed by atoms with Crippen molar-refractivity contribution in [2.75, 3.05) is 20.6 Å². The summed E-state index contributed by atoms with van der Waals surface area (Å²) in [6, 6.07) is 5.53. The van der Waals surface area contributed by atoms with Crippen molar-refractivity contribution in [2.45, 2.75) is 90.3 Å². The first-order chi connectivity index (χ1) is 18.5. The van der Waals surface area contributed by atoms with E-state index in [1.807, 2.05) is 30.5 Å². The van der Waals surface area contributed by atoms with Gasteiger partial charge in [0, 0.05) is 36.9 Å². The Morgan fingerprint density at radius 1 is 1.06 bits per heavy atom. The molecule has 2 rings (SSSR count). The van der Waals surface area contributed by atoms with Crippen molar-refractivity contribution in [1.29, 1.82) is 0 Å². The number of allylic oxidation sites excluding steroid dienone is 4. The van der Waals surface area contributed by atoms with Crippen LogP contribution in [0, 0.1) is 0 Å². The first-order valence-electron chi connectivity index (χ1n) is 15.4. The number of hydrogen-bond acceptors (Lipinski definition) is 3. The maximum Gasteiger partial charge on any atom is 0.311 e. The van der Waals surface area contributed by atoms with Gasteiger partial charge < -0.3 is 14.6 Å². The van der Waals surface area contributed by atoms with E-state index in [-0.39, 0.29) is 5.97 Å². The van der Waals surface area contributed by atoms with Crippen molar-refractivity contribution < 1.29 is 16.4 Å². The quantitative estimate of drug-likeness (QED) is 0.104. The summed E-state index contributed by atoms with van der Waals surface area (Å²) in [6.07, 6.45) is 18.6. The van der Waals surface area contributed by atoms with Crippen LogP contribution in [0.5, 0.6) is 5.75 Å². The number of esters is 1. The number of hydrogen-bond donors (Lipinski definition) is 1. The third-order valence-electron chi connectivity index (χ3n) is 5.84. The van der Waals surface area contributed by atoms with Crippen LogP contribution in [0.25, 0.3) is 10.9 Å². The third-order valence-corrected chi connectivity index (χ3v) is 5.84. The van der Waals surface area contributed by atoms with E-state index in [0.29, 0.717) is 25.1 Å². The van der Waals surface area contributed by atoms with Gasteiger partial charge in [0.2, 0.25) is 0 Å². The summed E-state index contributed by atoms with van der Waals surface area (Å²) in [5.41, 5.74) is 1.78. The van der Waals surface area contributed by atoms with E-state index in [0.717, 1.165) is 67.8 Å². The fourth-order valence-corrected chi connectivity index (χ4v) is 3.90. The molecule has 0 bridgehead atoms. The molecule has 2 aromatic rings. The van der Waals surface area contributed by atoms with Gasteiger partial charge in [0.15, 0.2) is 0 Å². The molecule has 1 heterocycles. The first kappa shape index (κ1) is 21.0. The maximum absolute atomic E-state index is 12.5. The van der Waals surface area contributed by atoms with Crippen LogP contribution in [0.1, 0.15) is 96.3 Å². The summed E-state index contributed by atoms with van der Waals surface area (Å²) in [4.78, 5) is 17.0. The molecule has 1 aromatic heterocycles. The van der Waals surface area contributed by atoms with E-state index in [4.69, 9.17) is 11.6 Å². The van der Waals surface area contributed by atoms with E-state index in [1.165, 1.54) is 17.7 Å². The normalized spacial score (nSPS) is 15.0. The number of aromatic nitrogens is 1. The molecule has 0 fully saturated rings. The average molecular weight is 472 g/mol. The number of carbonyl (C=O) groups excluding carboxylic acids is 1. The fourth-order valence-electron chi connectivity index (χ4n) is 3.90. The van der Waals surface area contributed by atoms with Gasteiger partial charge in [-0.2, -0.15) is 0 Å². The molecule has 1 N–H and O–H groups in total. The topological polar surface area (TPSA) is 45.3 Å². The number of unbranched alkanes of at least 4 members (excludes halogenated alkanes) is 8. The number of ether oxygens (including phenoxy) is 1. The van der Waals surface area contributed by atoms with Crippen molar-refractivity contribution in [3.05, 3.63) is 54.3 Å². The van der Waals surface area contributed by atoms with Crippen LogP contribution in [-0.2, 0) is 11.2 Å². The molecule has 0 aliphatic rings. The van der Waals surface area contributed by atoms with Gasteiger partial charge in [0.05, 0.1) is 0 Å². The van der Waals surface area contributed by atoms with Gasteiger partial charge in [0.25, 0.3) is 0 Å². The zero-order valence-electron chi connectivity index (χ0n) is 26.1. The highest BCUT2D eigenvalue weighted by Crippen LogP contribution is 2.29. The number of aromatic amines is 1. The monoisotopic (exact) mass is 471 g/mol. The lowest BCUT2D eigenvalue weighted by molar-refractivity contribution is -0.134. The molecule has 4 nitrogen and oxygen atoms in total. The van der Waals surface area contributed by atoms with Crippen LogP contribution in [0.3, 0.4) is 0 Å². The Morgan fingerprint density at radius 2 is 1.79 bits per heavy atom. The Hall–Kier alpha value is -2.33. The number of likely N-dealkylation sites (N-methyl/N-ethyl adjacent to an activating group) is 1. The molecule has 34 heavy (non-hydrogen) atoms. The molecule has 0 unspecified atom stereocenters. The molecular formula is C30H46N2O2. The van der Waals surface area contributed by atoms with Gasteiger partial charge in [-0.1, -0.05) is 69.4 Å². The van der Waals surface area contributed by atoms with E-state index in [1.54, 1.807) is 25.3 Å². The van der Waals surface area contributed by atoms with Crippen molar-refractivity contribution in [1.82, 2.24) is 9.88 Å². The highest BCUT2D eigenvalue weighted by atomic mass is 16.5. The second-order valence-electron chi connectivity index (χ2n) is 8.91. The van der Waals surface area contributed by atoms with E-state index in [9.17, 15) is 4.79 Å². The zero-order valence-corrected chi connectivity index (χ0v) is 21.1. The maximum atomic E-state index is 12.5. The highest BCUT2D eigenvalue weighted by molar-refractivity contribution is 5.91. The van der Waals surface area contributed by atoms with E-state index < -0.39 is 13.3 Å². The summed E-state index contributed by atoms with van der Waals surface area (Å²) in [5, 5.41) is 0.828. The summed E-state index contributed by atoms with van der Waals surface area (Å²) in [5.74, 6) is 0.245. The predicted molar refractivity (Wildman–Crippen MR) is 146 cm³/mol. The molecule has 188 valence electrons. The van der Waals surface area contributed by atoms with Gasteiger partial charge in [-0.3, -0.25) is 4.79 Å². The molecule has 0 saturated carbocycles. The summed E-state index contributed by atoms with van der Waals surface area (Å²) < 4.78 is 44.3. The van der Waals surface area contributed by atoms with Crippen LogP contribution < -0.4 is 4.74 Å². The smallest absolute Gasteiger partial charge is 0.311 e. The minimum absolute atomic E-state index is 0.262. The molecule has 0 aliphatic heterocycles. The Bertz CT molecular complexity index is 1060. The second kappa shape index (κ2) is 17.2. The molecule has 0 radical (unpaired) electrons. The van der Waals surface area contributed by atoms with Gasteiger partial charge in [-0.15, -0.1) is 0 Å². The number of nitrogens with one attached hydrogen (secondary N) is 1. The highest BCUT2D eigenvalue weighted by Gasteiger charge is 2.13. The molecule has 0 amide bonds. The van der Waals surface area contributed by atoms with Crippen molar-refractivity contribution in [2.24, 2.45) is 0 Å². The molecule has 0 saturated heterocycles. The molecule has 0 aliphatic carbocycles. The van der Waals surface area contributed by atoms with Crippen LogP contribution in [-0.4, -0.2) is 36.4 Å². The predicted octanol–water partition coefficient (Wildman–Crippen LogP) is 7.99. The Kier molecular flexibility index (Phi) is 10.6. The van der Waals surface area contributed by atoms with Crippen LogP contribution in [0.2, 0.25) is 0 Å². The van der Waals surface area contributed by atoms with Gasteiger partial charge in [-0.25, -0.2) is 0 Å². The third kappa shape index (κ3) is 11.2. The van der Waals surface area contributed by atoms with Crippen LogP contribution in [0.15, 0.2) is 48.7 Å². The van der Waals surface area contributed by atoms with Gasteiger partial charge in [0.1, 0.15) is 5.75 Å². The van der Waals surface area contributed by atoms with Gasteiger partial charge in [-0.05, 0) is 76.6 Å². The van der Waals surface area contributed by atoms with Crippen molar-refractivity contribution in [3.63, 3.8) is 0 Å². The van der Waals surface area contributed by atoms with Crippen molar-refractivity contribution in [3.8, 4) is 5.75 Å². The Labute approximate surface area is 214 Å². The minimum Gasteiger partial charge on any atom is -0.426 e. The van der Waals surface area contributed by atoms with Crippen LogP contribution >= 0.6 is 0 Å². The molecule has 0 atom stereocenters. The number of fused-ring (bicyclic) bond motifs is 1. The minimum atomic E-state index is -2.14. The van der Waals surface area contributed by atoms with Crippen molar-refractivity contribution >= 4 is 16.9 Å². The molecule has 1 aromatic carbocycles. The lowest BCUT2D eigenvalue weighted by Crippen LogP contribution is -2.15. The number of nitrogens with zero attached hydrogens (tertiary/aromatic N) is 1. The number of rotatable bonds is 18. The number of H-pyrrole nitrogens is 1.